The Morgan fingerprint density at radius 2 is 1.46 bits per heavy atom. The van der Waals surface area contributed by atoms with Crippen LogP contribution in [0, 0.1) is 0 Å². The molecule has 24 heavy (non-hydrogen) atoms. The van der Waals surface area contributed by atoms with E-state index in [4.69, 9.17) is 9.47 Å². The number of allylic oxidation sites excluding steroid dienone is 1. The van der Waals surface area contributed by atoms with Crippen molar-refractivity contribution in [3.8, 4) is 11.5 Å². The van der Waals surface area contributed by atoms with E-state index < -0.39 is 0 Å². The molecule has 2 aromatic carbocycles. The van der Waals surface area contributed by atoms with Gasteiger partial charge in [-0.15, -0.1) is 0 Å². The van der Waals surface area contributed by atoms with Crippen molar-refractivity contribution in [2.24, 2.45) is 0 Å². The lowest BCUT2D eigenvalue weighted by molar-refractivity contribution is 0.104. The van der Waals surface area contributed by atoms with Gasteiger partial charge in [-0.2, -0.15) is 0 Å². The minimum Gasteiger partial charge on any atom is -0.497 e. The van der Waals surface area contributed by atoms with Crippen LogP contribution in [0.25, 0.3) is 6.08 Å². The molecule has 0 aromatic heterocycles. The maximum Gasteiger partial charge on any atom is 0.185 e. The number of hydrogen-bond donors (Lipinski definition) is 0. The summed E-state index contributed by atoms with van der Waals surface area (Å²) in [6.07, 6.45) is 3.34. The predicted molar refractivity (Wildman–Crippen MR) is 98.1 cm³/mol. The maximum atomic E-state index is 12.3. The highest BCUT2D eigenvalue weighted by Gasteiger charge is 2.13. The maximum absolute atomic E-state index is 12.3. The average molecular weight is 324 g/mol. The molecule has 3 nitrogen and oxygen atoms in total. The highest BCUT2D eigenvalue weighted by Crippen LogP contribution is 2.24. The van der Waals surface area contributed by atoms with Crippen LogP contribution < -0.4 is 9.47 Å². The molecule has 0 aliphatic heterocycles. The molecule has 0 N–H and O–H groups in total. The van der Waals surface area contributed by atoms with Crippen molar-refractivity contribution in [1.29, 1.82) is 0 Å². The van der Waals surface area contributed by atoms with E-state index in [1.54, 1.807) is 32.4 Å². The van der Waals surface area contributed by atoms with E-state index in [9.17, 15) is 4.79 Å². The zero-order valence-electron chi connectivity index (χ0n) is 14.9. The van der Waals surface area contributed by atoms with Crippen molar-refractivity contribution >= 4 is 11.9 Å². The lowest BCUT2D eigenvalue weighted by Crippen LogP contribution is -2.11. The summed E-state index contributed by atoms with van der Waals surface area (Å²) in [5.74, 6) is 1.35. The molecule has 2 aromatic rings. The molecule has 0 saturated heterocycles. The molecule has 0 aliphatic rings. The number of carbonyl (C=O) groups excluding carboxylic acids is 1. The minimum absolute atomic E-state index is 0.0303. The Balaban J connectivity index is 2.18. The van der Waals surface area contributed by atoms with Crippen LogP contribution in [0.1, 0.15) is 42.3 Å². The van der Waals surface area contributed by atoms with Gasteiger partial charge >= 0.3 is 0 Å². The first-order valence-corrected chi connectivity index (χ1v) is 7.89. The Morgan fingerprint density at radius 3 is 1.92 bits per heavy atom. The van der Waals surface area contributed by atoms with Crippen LogP contribution in [0.4, 0.5) is 0 Å². The van der Waals surface area contributed by atoms with Gasteiger partial charge in [0.2, 0.25) is 0 Å². The molecule has 0 aliphatic carbocycles. The second kappa shape index (κ2) is 7.35. The summed E-state index contributed by atoms with van der Waals surface area (Å²) < 4.78 is 10.5. The SMILES string of the molecule is COc1cc(/C=C/C(=O)c2ccc(C(C)(C)C)cc2)cc(OC)c1. The van der Waals surface area contributed by atoms with E-state index in [1.807, 2.05) is 36.4 Å². The number of carbonyl (C=O) groups is 1. The van der Waals surface area contributed by atoms with E-state index >= 15 is 0 Å². The van der Waals surface area contributed by atoms with E-state index in [0.717, 1.165) is 5.56 Å². The van der Waals surface area contributed by atoms with Gasteiger partial charge in [0.25, 0.3) is 0 Å². The molecule has 3 heteroatoms. The van der Waals surface area contributed by atoms with Crippen LogP contribution in [0.5, 0.6) is 11.5 Å². The summed E-state index contributed by atoms with van der Waals surface area (Å²) in [4.78, 5) is 12.3. The van der Waals surface area contributed by atoms with Gasteiger partial charge < -0.3 is 9.47 Å². The van der Waals surface area contributed by atoms with Crippen molar-refractivity contribution in [3.63, 3.8) is 0 Å². The third kappa shape index (κ3) is 4.48. The molecule has 0 saturated carbocycles. The fraction of sp³-hybridized carbons (Fsp3) is 0.286. The normalized spacial score (nSPS) is 11.5. The number of hydrogen-bond acceptors (Lipinski definition) is 3. The van der Waals surface area contributed by atoms with Gasteiger partial charge in [0.1, 0.15) is 11.5 Å². The smallest absolute Gasteiger partial charge is 0.185 e. The average Bonchev–Trinajstić information content (AvgIpc) is 2.58. The lowest BCUT2D eigenvalue weighted by Gasteiger charge is -2.18. The van der Waals surface area contributed by atoms with Crippen molar-refractivity contribution < 1.29 is 14.3 Å². The van der Waals surface area contributed by atoms with Crippen molar-refractivity contribution in [3.05, 3.63) is 65.2 Å². The number of rotatable bonds is 5. The van der Waals surface area contributed by atoms with Crippen molar-refractivity contribution in [1.82, 2.24) is 0 Å². The highest BCUT2D eigenvalue weighted by atomic mass is 16.5. The van der Waals surface area contributed by atoms with E-state index in [1.165, 1.54) is 5.56 Å². The Labute approximate surface area is 143 Å². The van der Waals surface area contributed by atoms with Gasteiger partial charge in [0.05, 0.1) is 14.2 Å². The number of ketones is 1. The molecule has 0 radical (unpaired) electrons. The van der Waals surface area contributed by atoms with Gasteiger partial charge in [0, 0.05) is 11.6 Å². The zero-order valence-corrected chi connectivity index (χ0v) is 14.9. The monoisotopic (exact) mass is 324 g/mol. The van der Waals surface area contributed by atoms with Crippen LogP contribution >= 0.6 is 0 Å². The second-order valence-electron chi connectivity index (χ2n) is 6.67. The van der Waals surface area contributed by atoms with E-state index in [-0.39, 0.29) is 11.2 Å². The van der Waals surface area contributed by atoms with Gasteiger partial charge in [-0.25, -0.2) is 0 Å². The van der Waals surface area contributed by atoms with Crippen molar-refractivity contribution in [2.75, 3.05) is 14.2 Å². The standard InChI is InChI=1S/C21H24O3/c1-21(2,3)17-9-7-16(8-10-17)20(22)11-6-15-12-18(23-4)14-19(13-15)24-5/h6-14H,1-5H3/b11-6+. The van der Waals surface area contributed by atoms with Gasteiger partial charge in [-0.1, -0.05) is 51.1 Å². The third-order valence-corrected chi connectivity index (χ3v) is 3.84. The topological polar surface area (TPSA) is 35.5 Å². The van der Waals surface area contributed by atoms with E-state index in [0.29, 0.717) is 17.1 Å². The Morgan fingerprint density at radius 1 is 0.917 bits per heavy atom. The van der Waals surface area contributed by atoms with Crippen LogP contribution in [-0.4, -0.2) is 20.0 Å². The number of benzene rings is 2. The Bertz CT molecular complexity index is 712. The molecular weight excluding hydrogens is 300 g/mol. The summed E-state index contributed by atoms with van der Waals surface area (Å²) in [6.45, 7) is 6.46. The quantitative estimate of drug-likeness (QED) is 0.580. The van der Waals surface area contributed by atoms with Crippen molar-refractivity contribution in [2.45, 2.75) is 26.2 Å². The van der Waals surface area contributed by atoms with Crippen LogP contribution in [0.3, 0.4) is 0 Å². The van der Waals surface area contributed by atoms with E-state index in [2.05, 4.69) is 20.8 Å². The van der Waals surface area contributed by atoms with Gasteiger partial charge in [-0.05, 0) is 34.8 Å². The molecule has 0 atom stereocenters. The number of ether oxygens (including phenoxy) is 2. The van der Waals surface area contributed by atoms with Gasteiger partial charge in [-0.3, -0.25) is 4.79 Å². The molecule has 126 valence electrons. The van der Waals surface area contributed by atoms with Crippen LogP contribution in [-0.2, 0) is 5.41 Å². The first-order chi connectivity index (χ1) is 11.3. The first kappa shape index (κ1) is 17.8. The molecule has 0 heterocycles. The fourth-order valence-electron chi connectivity index (χ4n) is 2.33. The second-order valence-corrected chi connectivity index (χ2v) is 6.67. The summed E-state index contributed by atoms with van der Waals surface area (Å²) in [5, 5.41) is 0. The highest BCUT2D eigenvalue weighted by molar-refractivity contribution is 6.06. The molecule has 0 spiro atoms. The fourth-order valence-corrected chi connectivity index (χ4v) is 2.33. The zero-order chi connectivity index (χ0) is 17.7. The summed E-state index contributed by atoms with van der Waals surface area (Å²) in [5.41, 5.74) is 2.81. The molecule has 0 amide bonds. The number of methoxy groups -OCH3 is 2. The summed E-state index contributed by atoms with van der Waals surface area (Å²) >= 11 is 0. The summed E-state index contributed by atoms with van der Waals surface area (Å²) in [7, 11) is 3.20. The lowest BCUT2D eigenvalue weighted by atomic mass is 9.86. The largest absolute Gasteiger partial charge is 0.497 e. The molecular formula is C21H24O3. The predicted octanol–water partition coefficient (Wildman–Crippen LogP) is 4.90. The Kier molecular flexibility index (Phi) is 5.45. The molecule has 0 fully saturated rings. The Hall–Kier alpha value is -2.55. The minimum atomic E-state index is -0.0303. The molecule has 0 unspecified atom stereocenters. The van der Waals surface area contributed by atoms with Crippen LogP contribution in [0.2, 0.25) is 0 Å². The third-order valence-electron chi connectivity index (χ3n) is 3.84. The van der Waals surface area contributed by atoms with Gasteiger partial charge in [0.15, 0.2) is 5.78 Å². The van der Waals surface area contributed by atoms with Crippen LogP contribution in [0.15, 0.2) is 48.5 Å². The first-order valence-electron chi connectivity index (χ1n) is 7.89. The molecule has 2 rings (SSSR count). The summed E-state index contributed by atoms with van der Waals surface area (Å²) in [6, 6.07) is 13.3. The molecule has 0 bridgehead atoms.